The third-order valence-electron chi connectivity index (χ3n) is 5.18. The van der Waals surface area contributed by atoms with Crippen molar-refractivity contribution < 1.29 is 13.2 Å². The summed E-state index contributed by atoms with van der Waals surface area (Å²) in [4.78, 5) is 14.8. The van der Waals surface area contributed by atoms with E-state index in [-0.39, 0.29) is 11.7 Å². The van der Waals surface area contributed by atoms with E-state index in [2.05, 4.69) is 4.72 Å². The number of aryl methyl sites for hydroxylation is 2. The molecule has 30 heavy (non-hydrogen) atoms. The summed E-state index contributed by atoms with van der Waals surface area (Å²) in [5.74, 6) is -0.172. The van der Waals surface area contributed by atoms with Gasteiger partial charge in [-0.2, -0.15) is 0 Å². The van der Waals surface area contributed by atoms with Gasteiger partial charge < -0.3 is 4.90 Å². The Labute approximate surface area is 177 Å². The first-order chi connectivity index (χ1) is 14.4. The molecule has 0 aromatic heterocycles. The highest BCUT2D eigenvalue weighted by Gasteiger charge is 2.24. The van der Waals surface area contributed by atoms with Gasteiger partial charge in [0.05, 0.1) is 11.4 Å². The number of carbonyl (C=O) groups excluding carboxylic acids is 1. The summed E-state index contributed by atoms with van der Waals surface area (Å²) < 4.78 is 28.1. The van der Waals surface area contributed by atoms with E-state index in [1.807, 2.05) is 49.4 Å². The molecule has 6 heteroatoms. The second-order valence-corrected chi connectivity index (χ2v) is 9.34. The fraction of sp³-hybridized carbons (Fsp3) is 0.208. The zero-order chi connectivity index (χ0) is 21.1. The summed E-state index contributed by atoms with van der Waals surface area (Å²) in [6.07, 6.45) is 1.74. The summed E-state index contributed by atoms with van der Waals surface area (Å²) >= 11 is 0. The second kappa shape index (κ2) is 8.32. The van der Waals surface area contributed by atoms with Crippen molar-refractivity contribution in [3.63, 3.8) is 0 Å². The zero-order valence-electron chi connectivity index (χ0n) is 16.8. The standard InChI is InChI=1S/C24H24N2O3S/c1-18-7-5-8-19(15-18)17-30(28,29)25-22-13-12-20-11-6-14-26(23(20)16-22)24(27)21-9-3-2-4-10-21/h2-5,7-10,12-13,15-16,25H,6,11,14,17H2,1H3. The number of nitrogens with one attached hydrogen (secondary N) is 1. The molecule has 0 unspecified atom stereocenters. The highest BCUT2D eigenvalue weighted by atomic mass is 32.2. The summed E-state index contributed by atoms with van der Waals surface area (Å²) in [5, 5.41) is 0. The van der Waals surface area contributed by atoms with Crippen LogP contribution in [0.1, 0.15) is 33.5 Å². The van der Waals surface area contributed by atoms with E-state index in [0.717, 1.165) is 35.2 Å². The number of fused-ring (bicyclic) bond motifs is 1. The smallest absolute Gasteiger partial charge is 0.258 e. The van der Waals surface area contributed by atoms with Crippen LogP contribution >= 0.6 is 0 Å². The van der Waals surface area contributed by atoms with E-state index >= 15 is 0 Å². The van der Waals surface area contributed by atoms with E-state index in [4.69, 9.17) is 0 Å². The summed E-state index contributed by atoms with van der Waals surface area (Å²) in [6, 6.07) is 22.1. The number of anilines is 2. The lowest BCUT2D eigenvalue weighted by Gasteiger charge is -2.30. The van der Waals surface area contributed by atoms with Crippen molar-refractivity contribution in [2.75, 3.05) is 16.2 Å². The molecule has 3 aromatic carbocycles. The number of hydrogen-bond donors (Lipinski definition) is 1. The van der Waals surface area contributed by atoms with Crippen molar-refractivity contribution in [2.24, 2.45) is 0 Å². The van der Waals surface area contributed by atoms with E-state index < -0.39 is 10.0 Å². The van der Waals surface area contributed by atoms with Crippen LogP contribution in [0.5, 0.6) is 0 Å². The van der Waals surface area contributed by atoms with Gasteiger partial charge in [0.25, 0.3) is 5.91 Å². The molecule has 1 heterocycles. The van der Waals surface area contributed by atoms with Crippen LogP contribution in [0.3, 0.4) is 0 Å². The van der Waals surface area contributed by atoms with E-state index in [1.165, 1.54) is 0 Å². The molecule has 0 fully saturated rings. The first-order valence-electron chi connectivity index (χ1n) is 9.97. The van der Waals surface area contributed by atoms with E-state index in [1.54, 1.807) is 35.2 Å². The predicted molar refractivity (Wildman–Crippen MR) is 120 cm³/mol. The van der Waals surface area contributed by atoms with Crippen molar-refractivity contribution in [2.45, 2.75) is 25.5 Å². The van der Waals surface area contributed by atoms with Crippen LogP contribution in [0.25, 0.3) is 0 Å². The summed E-state index contributed by atoms with van der Waals surface area (Å²) in [6.45, 7) is 2.55. The minimum Gasteiger partial charge on any atom is -0.308 e. The minimum atomic E-state index is -3.57. The van der Waals surface area contributed by atoms with Gasteiger partial charge >= 0.3 is 0 Å². The number of amides is 1. The maximum Gasteiger partial charge on any atom is 0.258 e. The van der Waals surface area contributed by atoms with Gasteiger partial charge in [0.15, 0.2) is 0 Å². The van der Waals surface area contributed by atoms with Gasteiger partial charge in [-0.15, -0.1) is 0 Å². The van der Waals surface area contributed by atoms with E-state index in [0.29, 0.717) is 17.8 Å². The minimum absolute atomic E-state index is 0.0729. The molecule has 5 nitrogen and oxygen atoms in total. The third-order valence-corrected chi connectivity index (χ3v) is 6.44. The van der Waals surface area contributed by atoms with Crippen molar-refractivity contribution in [3.8, 4) is 0 Å². The molecule has 0 radical (unpaired) electrons. The largest absolute Gasteiger partial charge is 0.308 e. The van der Waals surface area contributed by atoms with Crippen molar-refractivity contribution >= 4 is 27.3 Å². The molecule has 4 rings (SSSR count). The maximum atomic E-state index is 13.0. The average Bonchev–Trinajstić information content (AvgIpc) is 2.73. The number of hydrogen-bond acceptors (Lipinski definition) is 3. The third kappa shape index (κ3) is 4.54. The quantitative estimate of drug-likeness (QED) is 0.659. The summed E-state index contributed by atoms with van der Waals surface area (Å²) in [5.41, 5.74) is 4.66. The number of carbonyl (C=O) groups is 1. The van der Waals surface area contributed by atoms with Crippen LogP contribution in [0, 0.1) is 6.92 Å². The fourth-order valence-corrected chi connectivity index (χ4v) is 5.00. The Morgan fingerprint density at radius 2 is 1.80 bits per heavy atom. The second-order valence-electron chi connectivity index (χ2n) is 7.62. The van der Waals surface area contributed by atoms with Crippen LogP contribution in [0.4, 0.5) is 11.4 Å². The molecule has 0 saturated heterocycles. The molecule has 0 spiro atoms. The molecule has 0 atom stereocenters. The van der Waals surface area contributed by atoms with Crippen LogP contribution in [-0.4, -0.2) is 20.9 Å². The lowest BCUT2D eigenvalue weighted by Crippen LogP contribution is -2.35. The molecular formula is C24H24N2O3S. The zero-order valence-corrected chi connectivity index (χ0v) is 17.7. The molecular weight excluding hydrogens is 396 g/mol. The average molecular weight is 421 g/mol. The highest BCUT2D eigenvalue weighted by molar-refractivity contribution is 7.91. The maximum absolute atomic E-state index is 13.0. The Kier molecular flexibility index (Phi) is 5.59. The SMILES string of the molecule is Cc1cccc(CS(=O)(=O)Nc2ccc3c(c2)N(C(=O)c2ccccc2)CCC3)c1. The number of nitrogens with zero attached hydrogens (tertiary/aromatic N) is 1. The molecule has 1 N–H and O–H groups in total. The Morgan fingerprint density at radius 3 is 2.57 bits per heavy atom. The fourth-order valence-electron chi connectivity index (χ4n) is 3.82. The Balaban J connectivity index is 1.59. The number of benzene rings is 3. The summed E-state index contributed by atoms with van der Waals surface area (Å²) in [7, 11) is -3.57. The lowest BCUT2D eigenvalue weighted by atomic mass is 10.00. The van der Waals surface area contributed by atoms with E-state index in [9.17, 15) is 13.2 Å². The number of rotatable bonds is 5. The Bertz CT molecular complexity index is 1170. The van der Waals surface area contributed by atoms with Crippen LogP contribution < -0.4 is 9.62 Å². The molecule has 3 aromatic rings. The van der Waals surface area contributed by atoms with Gasteiger partial charge in [0, 0.05) is 17.8 Å². The highest BCUT2D eigenvalue weighted by Crippen LogP contribution is 2.31. The topological polar surface area (TPSA) is 66.5 Å². The van der Waals surface area contributed by atoms with Crippen LogP contribution in [0.15, 0.2) is 72.8 Å². The van der Waals surface area contributed by atoms with Gasteiger partial charge in [-0.1, -0.05) is 54.1 Å². The Hall–Kier alpha value is -3.12. The first kappa shape index (κ1) is 20.2. The van der Waals surface area contributed by atoms with Gasteiger partial charge in [0.2, 0.25) is 10.0 Å². The van der Waals surface area contributed by atoms with Gasteiger partial charge in [-0.05, 0) is 55.2 Å². The molecule has 0 bridgehead atoms. The Morgan fingerprint density at radius 1 is 1.00 bits per heavy atom. The van der Waals surface area contributed by atoms with Gasteiger partial charge in [-0.25, -0.2) is 8.42 Å². The molecule has 154 valence electrons. The van der Waals surface area contributed by atoms with Crippen molar-refractivity contribution in [1.29, 1.82) is 0 Å². The first-order valence-corrected chi connectivity index (χ1v) is 11.6. The molecule has 1 aliphatic rings. The lowest BCUT2D eigenvalue weighted by molar-refractivity contribution is 0.0985. The van der Waals surface area contributed by atoms with Crippen molar-refractivity contribution in [1.82, 2.24) is 0 Å². The molecule has 1 amide bonds. The van der Waals surface area contributed by atoms with Gasteiger partial charge in [0.1, 0.15) is 0 Å². The molecule has 1 aliphatic heterocycles. The molecule has 0 saturated carbocycles. The molecule has 0 aliphatic carbocycles. The number of sulfonamides is 1. The van der Waals surface area contributed by atoms with Crippen LogP contribution in [0.2, 0.25) is 0 Å². The normalized spacial score (nSPS) is 13.6. The monoisotopic (exact) mass is 420 g/mol. The predicted octanol–water partition coefficient (Wildman–Crippen LogP) is 4.53. The van der Waals surface area contributed by atoms with Crippen LogP contribution in [-0.2, 0) is 22.2 Å². The van der Waals surface area contributed by atoms with Gasteiger partial charge in [-0.3, -0.25) is 9.52 Å². The van der Waals surface area contributed by atoms with Crippen molar-refractivity contribution in [3.05, 3.63) is 95.1 Å².